The Hall–Kier alpha value is -1.84. The molecule has 0 aliphatic heterocycles. The quantitative estimate of drug-likeness (QED) is 0.855. The summed E-state index contributed by atoms with van der Waals surface area (Å²) < 4.78 is 5.66. The molecule has 0 amide bonds. The summed E-state index contributed by atoms with van der Waals surface area (Å²) in [5.41, 5.74) is 0.658. The van der Waals surface area contributed by atoms with Crippen molar-refractivity contribution in [3.8, 4) is 5.75 Å². The Morgan fingerprint density at radius 1 is 1.05 bits per heavy atom. The molecule has 0 radical (unpaired) electrons. The van der Waals surface area contributed by atoms with Crippen molar-refractivity contribution < 1.29 is 14.9 Å². The maximum Gasteiger partial charge on any atom is 0.121 e. The van der Waals surface area contributed by atoms with Gasteiger partial charge in [-0.3, -0.25) is 0 Å². The molecule has 0 heterocycles. The molecule has 1 unspecified atom stereocenters. The van der Waals surface area contributed by atoms with Gasteiger partial charge in [-0.15, -0.1) is 0 Å². The molecule has 2 rings (SSSR count). The van der Waals surface area contributed by atoms with Crippen molar-refractivity contribution in [1.82, 2.24) is 0 Å². The Bertz CT molecular complexity index is 546. The van der Waals surface area contributed by atoms with Gasteiger partial charge in [0.1, 0.15) is 18.0 Å². The molecule has 112 valence electrons. The Morgan fingerprint density at radius 3 is 2.24 bits per heavy atom. The topological polar surface area (TPSA) is 49.7 Å². The Morgan fingerprint density at radius 2 is 1.67 bits per heavy atom. The van der Waals surface area contributed by atoms with Crippen LogP contribution in [0.5, 0.6) is 5.75 Å². The first-order valence-electron chi connectivity index (χ1n) is 7.21. The lowest BCUT2D eigenvalue weighted by Gasteiger charge is -2.24. The number of benzene rings is 2. The van der Waals surface area contributed by atoms with Gasteiger partial charge in [-0.05, 0) is 36.6 Å². The standard InChI is InChI=1S/C18H22O3/c1-3-17(19)14-9-11-16(12-10-14)21-13-18(2,20)15-7-5-4-6-8-15/h4-12,17,19-20H,3,13H2,1-2H3/t17-,18?/m1/s1. The molecule has 0 fully saturated rings. The minimum atomic E-state index is -1.04. The van der Waals surface area contributed by atoms with Crippen LogP contribution in [0, 0.1) is 0 Å². The average molecular weight is 286 g/mol. The van der Waals surface area contributed by atoms with Crippen LogP contribution in [0.1, 0.15) is 37.5 Å². The predicted molar refractivity (Wildman–Crippen MR) is 83.2 cm³/mol. The molecule has 2 N–H and O–H groups in total. The van der Waals surface area contributed by atoms with Gasteiger partial charge in [0.2, 0.25) is 0 Å². The van der Waals surface area contributed by atoms with E-state index < -0.39 is 11.7 Å². The molecule has 0 saturated heterocycles. The van der Waals surface area contributed by atoms with Crippen molar-refractivity contribution in [2.75, 3.05) is 6.61 Å². The fraction of sp³-hybridized carbons (Fsp3) is 0.333. The molecule has 2 aromatic carbocycles. The van der Waals surface area contributed by atoms with Gasteiger partial charge < -0.3 is 14.9 Å². The zero-order valence-corrected chi connectivity index (χ0v) is 12.5. The first kappa shape index (κ1) is 15.5. The molecular formula is C18H22O3. The van der Waals surface area contributed by atoms with Crippen LogP contribution < -0.4 is 4.74 Å². The van der Waals surface area contributed by atoms with Gasteiger partial charge in [0, 0.05) is 0 Å². The summed E-state index contributed by atoms with van der Waals surface area (Å²) in [7, 11) is 0. The van der Waals surface area contributed by atoms with Gasteiger partial charge in [-0.2, -0.15) is 0 Å². The van der Waals surface area contributed by atoms with Crippen molar-refractivity contribution in [2.45, 2.75) is 32.0 Å². The lowest BCUT2D eigenvalue weighted by atomic mass is 9.97. The normalized spacial score (nSPS) is 15.2. The van der Waals surface area contributed by atoms with E-state index in [1.54, 1.807) is 6.92 Å². The second kappa shape index (κ2) is 6.74. The van der Waals surface area contributed by atoms with Crippen LogP contribution in [-0.4, -0.2) is 16.8 Å². The van der Waals surface area contributed by atoms with Crippen LogP contribution in [0.3, 0.4) is 0 Å². The zero-order chi connectivity index (χ0) is 15.3. The van der Waals surface area contributed by atoms with E-state index in [1.807, 2.05) is 61.5 Å². The van der Waals surface area contributed by atoms with Crippen LogP contribution in [0.2, 0.25) is 0 Å². The van der Waals surface area contributed by atoms with E-state index in [9.17, 15) is 10.2 Å². The molecule has 0 aliphatic carbocycles. The third kappa shape index (κ3) is 4.06. The summed E-state index contributed by atoms with van der Waals surface area (Å²) in [6, 6.07) is 16.8. The highest BCUT2D eigenvalue weighted by Gasteiger charge is 2.23. The SMILES string of the molecule is CC[C@@H](O)c1ccc(OCC(C)(O)c2ccccc2)cc1. The summed E-state index contributed by atoms with van der Waals surface area (Å²) in [5.74, 6) is 0.679. The second-order valence-electron chi connectivity index (χ2n) is 5.42. The maximum atomic E-state index is 10.5. The van der Waals surface area contributed by atoms with Crippen molar-refractivity contribution in [1.29, 1.82) is 0 Å². The molecule has 0 bridgehead atoms. The summed E-state index contributed by atoms with van der Waals surface area (Å²) in [6.45, 7) is 3.84. The summed E-state index contributed by atoms with van der Waals surface area (Å²) in [4.78, 5) is 0. The van der Waals surface area contributed by atoms with E-state index in [0.717, 1.165) is 11.1 Å². The molecule has 2 atom stereocenters. The lowest BCUT2D eigenvalue weighted by molar-refractivity contribution is 0.00757. The monoisotopic (exact) mass is 286 g/mol. The van der Waals surface area contributed by atoms with Crippen molar-refractivity contribution >= 4 is 0 Å². The first-order valence-corrected chi connectivity index (χ1v) is 7.21. The zero-order valence-electron chi connectivity index (χ0n) is 12.5. The van der Waals surface area contributed by atoms with Crippen molar-refractivity contribution in [3.05, 3.63) is 65.7 Å². The van der Waals surface area contributed by atoms with Gasteiger partial charge in [-0.25, -0.2) is 0 Å². The summed E-state index contributed by atoms with van der Waals surface area (Å²) >= 11 is 0. The van der Waals surface area contributed by atoms with E-state index in [1.165, 1.54) is 0 Å². The third-order valence-electron chi connectivity index (χ3n) is 3.57. The van der Waals surface area contributed by atoms with Crippen molar-refractivity contribution in [2.24, 2.45) is 0 Å². The number of aliphatic hydroxyl groups excluding tert-OH is 1. The van der Waals surface area contributed by atoms with Crippen LogP contribution in [-0.2, 0) is 5.60 Å². The molecule has 0 saturated carbocycles. The van der Waals surface area contributed by atoms with Gasteiger partial charge in [0.15, 0.2) is 0 Å². The minimum Gasteiger partial charge on any atom is -0.490 e. The van der Waals surface area contributed by atoms with Crippen LogP contribution in [0.4, 0.5) is 0 Å². The molecular weight excluding hydrogens is 264 g/mol. The first-order chi connectivity index (χ1) is 10.0. The number of hydrogen-bond acceptors (Lipinski definition) is 3. The number of hydrogen-bond donors (Lipinski definition) is 2. The fourth-order valence-corrected chi connectivity index (χ4v) is 2.13. The minimum absolute atomic E-state index is 0.173. The highest BCUT2D eigenvalue weighted by Crippen LogP contribution is 2.24. The Kier molecular flexibility index (Phi) is 4.99. The number of ether oxygens (including phenoxy) is 1. The Balaban J connectivity index is 1.99. The molecule has 3 nitrogen and oxygen atoms in total. The predicted octanol–water partition coefficient (Wildman–Crippen LogP) is 3.42. The van der Waals surface area contributed by atoms with Gasteiger partial charge in [0.05, 0.1) is 6.10 Å². The van der Waals surface area contributed by atoms with E-state index in [2.05, 4.69) is 0 Å². The van der Waals surface area contributed by atoms with Crippen LogP contribution >= 0.6 is 0 Å². The van der Waals surface area contributed by atoms with Gasteiger partial charge >= 0.3 is 0 Å². The van der Waals surface area contributed by atoms with E-state index in [0.29, 0.717) is 12.2 Å². The molecule has 3 heteroatoms. The van der Waals surface area contributed by atoms with Crippen LogP contribution in [0.15, 0.2) is 54.6 Å². The maximum absolute atomic E-state index is 10.5. The number of aliphatic hydroxyl groups is 2. The third-order valence-corrected chi connectivity index (χ3v) is 3.57. The van der Waals surface area contributed by atoms with Crippen molar-refractivity contribution in [3.63, 3.8) is 0 Å². The average Bonchev–Trinajstić information content (AvgIpc) is 2.53. The molecule has 0 aliphatic rings. The highest BCUT2D eigenvalue weighted by molar-refractivity contribution is 5.29. The summed E-state index contributed by atoms with van der Waals surface area (Å²) in [5, 5.41) is 20.2. The molecule has 21 heavy (non-hydrogen) atoms. The van der Waals surface area contributed by atoms with Gasteiger partial charge in [0.25, 0.3) is 0 Å². The Labute approximate surface area is 125 Å². The molecule has 0 aromatic heterocycles. The largest absolute Gasteiger partial charge is 0.490 e. The van der Waals surface area contributed by atoms with E-state index >= 15 is 0 Å². The summed E-state index contributed by atoms with van der Waals surface area (Å²) in [6.07, 6.45) is 0.245. The molecule has 2 aromatic rings. The van der Waals surface area contributed by atoms with Gasteiger partial charge in [-0.1, -0.05) is 49.4 Å². The van der Waals surface area contributed by atoms with E-state index in [4.69, 9.17) is 4.74 Å². The van der Waals surface area contributed by atoms with E-state index in [-0.39, 0.29) is 6.61 Å². The smallest absolute Gasteiger partial charge is 0.121 e. The van der Waals surface area contributed by atoms with Crippen LogP contribution in [0.25, 0.3) is 0 Å². The lowest BCUT2D eigenvalue weighted by Crippen LogP contribution is -2.29. The number of rotatable bonds is 6. The molecule has 0 spiro atoms. The highest BCUT2D eigenvalue weighted by atomic mass is 16.5. The second-order valence-corrected chi connectivity index (χ2v) is 5.42. The fourth-order valence-electron chi connectivity index (χ4n) is 2.13.